The second kappa shape index (κ2) is 4.53. The van der Waals surface area contributed by atoms with Crippen molar-refractivity contribution in [2.75, 3.05) is 0 Å². The molecule has 1 aromatic heterocycles. The quantitative estimate of drug-likeness (QED) is 0.708. The Morgan fingerprint density at radius 3 is 2.18 bits per heavy atom. The van der Waals surface area contributed by atoms with Crippen LogP contribution in [0.15, 0.2) is 28.7 Å². The van der Waals surface area contributed by atoms with Crippen LogP contribution < -0.4 is 0 Å². The predicted molar refractivity (Wildman–Crippen MR) is 67.0 cm³/mol. The third-order valence-electron chi connectivity index (χ3n) is 2.82. The molecule has 1 aromatic carbocycles. The average molecular weight is 253 g/mol. The molecule has 1 heterocycles. The number of alkyl halides is 1. The van der Waals surface area contributed by atoms with Gasteiger partial charge in [0.2, 0.25) is 0 Å². The first-order valence-electron chi connectivity index (χ1n) is 5.46. The van der Waals surface area contributed by atoms with Crippen molar-refractivity contribution in [3.05, 3.63) is 58.3 Å². The summed E-state index contributed by atoms with van der Waals surface area (Å²) in [6.07, 6.45) is 0. The highest BCUT2D eigenvalue weighted by Crippen LogP contribution is 2.34. The highest BCUT2D eigenvalue weighted by atomic mass is 35.5. The molecular formula is C14H14ClFO. The van der Waals surface area contributed by atoms with Gasteiger partial charge in [-0.1, -0.05) is 0 Å². The van der Waals surface area contributed by atoms with E-state index in [0.717, 1.165) is 22.5 Å². The number of hydrogen-bond donors (Lipinski definition) is 0. The fourth-order valence-corrected chi connectivity index (χ4v) is 2.51. The van der Waals surface area contributed by atoms with Crippen LogP contribution in [0.3, 0.4) is 0 Å². The van der Waals surface area contributed by atoms with Crippen molar-refractivity contribution >= 4 is 11.6 Å². The molecule has 0 radical (unpaired) electrons. The van der Waals surface area contributed by atoms with Crippen LogP contribution in [0, 0.1) is 26.6 Å². The Labute approximate surface area is 105 Å². The minimum atomic E-state index is -0.371. The second-order valence-corrected chi connectivity index (χ2v) is 4.70. The van der Waals surface area contributed by atoms with Gasteiger partial charge in [-0.15, -0.1) is 11.6 Å². The molecule has 0 saturated carbocycles. The Bertz CT molecular complexity index is 522. The third kappa shape index (κ3) is 2.37. The normalized spacial score (nSPS) is 12.8. The van der Waals surface area contributed by atoms with Crippen LogP contribution in [0.5, 0.6) is 0 Å². The molecule has 0 aliphatic rings. The van der Waals surface area contributed by atoms with Crippen LogP contribution in [-0.2, 0) is 0 Å². The molecule has 1 nitrogen and oxygen atoms in total. The van der Waals surface area contributed by atoms with Gasteiger partial charge in [0.1, 0.15) is 22.7 Å². The Kier molecular flexibility index (Phi) is 3.25. The first-order chi connectivity index (χ1) is 7.99. The molecular weight excluding hydrogens is 239 g/mol. The number of hydrogen-bond acceptors (Lipinski definition) is 1. The topological polar surface area (TPSA) is 13.1 Å². The summed E-state index contributed by atoms with van der Waals surface area (Å²) in [4.78, 5) is 0. The Morgan fingerprint density at radius 1 is 1.12 bits per heavy atom. The fraction of sp³-hybridized carbons (Fsp3) is 0.286. The monoisotopic (exact) mass is 252 g/mol. The van der Waals surface area contributed by atoms with Crippen molar-refractivity contribution in [2.45, 2.75) is 26.1 Å². The second-order valence-electron chi connectivity index (χ2n) is 4.26. The third-order valence-corrected chi connectivity index (χ3v) is 3.26. The van der Waals surface area contributed by atoms with Crippen LogP contribution in [0.2, 0.25) is 0 Å². The van der Waals surface area contributed by atoms with E-state index in [-0.39, 0.29) is 11.2 Å². The number of rotatable bonds is 2. The molecule has 1 atom stereocenters. The summed E-state index contributed by atoms with van der Waals surface area (Å²) in [5.74, 6) is 1.29. The number of furan rings is 1. The van der Waals surface area contributed by atoms with Gasteiger partial charge >= 0.3 is 0 Å². The van der Waals surface area contributed by atoms with Crippen LogP contribution >= 0.6 is 11.6 Å². The summed E-state index contributed by atoms with van der Waals surface area (Å²) in [6.45, 7) is 5.59. The molecule has 2 aromatic rings. The largest absolute Gasteiger partial charge is 0.464 e. The van der Waals surface area contributed by atoms with Gasteiger partial charge in [0, 0.05) is 0 Å². The van der Waals surface area contributed by atoms with Crippen molar-refractivity contribution in [2.24, 2.45) is 0 Å². The van der Waals surface area contributed by atoms with Crippen LogP contribution in [0.1, 0.15) is 33.6 Å². The van der Waals surface area contributed by atoms with E-state index in [1.807, 2.05) is 32.9 Å². The summed E-state index contributed by atoms with van der Waals surface area (Å²) in [7, 11) is 0. The van der Waals surface area contributed by atoms with E-state index in [4.69, 9.17) is 16.0 Å². The SMILES string of the molecule is Cc1ccc(C(Cl)c2c(C)cc(F)cc2C)o1. The molecule has 0 spiro atoms. The van der Waals surface area contributed by atoms with Gasteiger partial charge in [0.15, 0.2) is 0 Å². The maximum atomic E-state index is 13.2. The van der Waals surface area contributed by atoms with Gasteiger partial charge in [-0.05, 0) is 61.7 Å². The number of aryl methyl sites for hydroxylation is 3. The lowest BCUT2D eigenvalue weighted by molar-refractivity contribution is 0.488. The van der Waals surface area contributed by atoms with Gasteiger partial charge in [-0.3, -0.25) is 0 Å². The number of benzene rings is 1. The fourth-order valence-electron chi connectivity index (χ4n) is 2.05. The summed E-state index contributed by atoms with van der Waals surface area (Å²) < 4.78 is 18.7. The lowest BCUT2D eigenvalue weighted by atomic mass is 9.98. The number of halogens is 2. The van der Waals surface area contributed by atoms with Gasteiger partial charge in [-0.25, -0.2) is 4.39 Å². The van der Waals surface area contributed by atoms with Gasteiger partial charge in [0.25, 0.3) is 0 Å². The van der Waals surface area contributed by atoms with E-state index in [9.17, 15) is 4.39 Å². The van der Waals surface area contributed by atoms with Crippen molar-refractivity contribution in [1.82, 2.24) is 0 Å². The molecule has 1 unspecified atom stereocenters. The molecule has 0 aliphatic carbocycles. The molecule has 0 aliphatic heterocycles. The summed E-state index contributed by atoms with van der Waals surface area (Å²) in [5.41, 5.74) is 2.61. The first kappa shape index (κ1) is 12.2. The maximum absolute atomic E-state index is 13.2. The molecule has 0 saturated heterocycles. The zero-order chi connectivity index (χ0) is 12.6. The molecule has 0 bridgehead atoms. The van der Waals surface area contributed by atoms with Crippen molar-refractivity contribution in [1.29, 1.82) is 0 Å². The molecule has 90 valence electrons. The van der Waals surface area contributed by atoms with E-state index < -0.39 is 0 Å². The van der Waals surface area contributed by atoms with Gasteiger partial charge in [-0.2, -0.15) is 0 Å². The van der Waals surface area contributed by atoms with Crippen LogP contribution in [0.25, 0.3) is 0 Å². The van der Waals surface area contributed by atoms with Gasteiger partial charge < -0.3 is 4.42 Å². The molecule has 17 heavy (non-hydrogen) atoms. The highest BCUT2D eigenvalue weighted by molar-refractivity contribution is 6.22. The standard InChI is InChI=1S/C14H14ClFO/c1-8-6-11(16)7-9(2)13(8)14(15)12-5-4-10(3)17-12/h4-7,14H,1-3H3. The smallest absolute Gasteiger partial charge is 0.126 e. The minimum Gasteiger partial charge on any atom is -0.464 e. The lowest BCUT2D eigenvalue weighted by Crippen LogP contribution is -1.99. The maximum Gasteiger partial charge on any atom is 0.126 e. The van der Waals surface area contributed by atoms with E-state index in [2.05, 4.69) is 0 Å². The summed E-state index contributed by atoms with van der Waals surface area (Å²) >= 11 is 6.39. The molecule has 0 amide bonds. The van der Waals surface area contributed by atoms with Crippen molar-refractivity contribution in [3.63, 3.8) is 0 Å². The highest BCUT2D eigenvalue weighted by Gasteiger charge is 2.19. The zero-order valence-corrected chi connectivity index (χ0v) is 10.8. The Morgan fingerprint density at radius 2 is 1.71 bits per heavy atom. The lowest BCUT2D eigenvalue weighted by Gasteiger charge is -2.14. The summed E-state index contributed by atoms with van der Waals surface area (Å²) in [5, 5.41) is -0.371. The van der Waals surface area contributed by atoms with E-state index in [1.165, 1.54) is 12.1 Å². The van der Waals surface area contributed by atoms with Crippen molar-refractivity contribution in [3.8, 4) is 0 Å². The Hall–Kier alpha value is -1.28. The van der Waals surface area contributed by atoms with Crippen molar-refractivity contribution < 1.29 is 8.81 Å². The van der Waals surface area contributed by atoms with Gasteiger partial charge in [0.05, 0.1) is 0 Å². The molecule has 0 N–H and O–H groups in total. The Balaban J connectivity index is 2.47. The predicted octanol–water partition coefficient (Wildman–Crippen LogP) is 4.67. The molecule has 2 rings (SSSR count). The van der Waals surface area contributed by atoms with E-state index >= 15 is 0 Å². The first-order valence-corrected chi connectivity index (χ1v) is 5.89. The van der Waals surface area contributed by atoms with Crippen LogP contribution in [0.4, 0.5) is 4.39 Å². The zero-order valence-electron chi connectivity index (χ0n) is 10.1. The van der Waals surface area contributed by atoms with E-state index in [0.29, 0.717) is 5.76 Å². The average Bonchev–Trinajstić information content (AvgIpc) is 2.63. The van der Waals surface area contributed by atoms with E-state index in [1.54, 1.807) is 0 Å². The minimum absolute atomic E-state index is 0.233. The molecule has 0 fully saturated rings. The van der Waals surface area contributed by atoms with Crippen LogP contribution in [-0.4, -0.2) is 0 Å². The molecule has 3 heteroatoms. The summed E-state index contributed by atoms with van der Waals surface area (Å²) in [6, 6.07) is 6.72.